The molecule has 0 saturated carbocycles. The molecule has 0 amide bonds. The molecule has 2 rings (SSSR count). The molecule has 0 N–H and O–H groups in total. The summed E-state index contributed by atoms with van der Waals surface area (Å²) in [5.41, 5.74) is 1.23. The minimum atomic E-state index is 0.767. The first kappa shape index (κ1) is 9.74. The van der Waals surface area contributed by atoms with Gasteiger partial charge in [-0.15, -0.1) is 24.0 Å². The molecule has 0 atom stereocenters. The molecule has 0 aliphatic rings. The fraction of sp³-hybridized carbons (Fsp3) is 0.182. The average molecular weight is 222 g/mol. The Morgan fingerprint density at radius 3 is 2.93 bits per heavy atom. The molecule has 1 aromatic heterocycles. The summed E-state index contributed by atoms with van der Waals surface area (Å²) >= 11 is 6.00. The number of aldehydes is 1. The fourth-order valence-electron chi connectivity index (χ4n) is 1.51. The average Bonchev–Trinajstić information content (AvgIpc) is 2.62. The van der Waals surface area contributed by atoms with Crippen LogP contribution in [0.4, 0.5) is 0 Å². The number of thiophene rings is 1. The Bertz CT molecular complexity index is 485. The first-order valence-electron chi connectivity index (χ1n) is 4.45. The highest BCUT2D eigenvalue weighted by molar-refractivity contribution is 7.80. The van der Waals surface area contributed by atoms with E-state index in [1.807, 2.05) is 6.07 Å². The molecule has 1 aromatic carbocycles. The lowest BCUT2D eigenvalue weighted by Crippen LogP contribution is -1.81. The van der Waals surface area contributed by atoms with Crippen molar-refractivity contribution >= 4 is 40.3 Å². The SMILES string of the molecule is CCc1ccc2sc(C=O)cc2c1S. The normalized spacial score (nSPS) is 10.7. The molecule has 14 heavy (non-hydrogen) atoms. The second-order valence-electron chi connectivity index (χ2n) is 3.11. The van der Waals surface area contributed by atoms with Crippen LogP contribution in [0.1, 0.15) is 22.2 Å². The second-order valence-corrected chi connectivity index (χ2v) is 4.67. The predicted molar refractivity (Wildman–Crippen MR) is 63.8 cm³/mol. The van der Waals surface area contributed by atoms with Gasteiger partial charge in [0.15, 0.2) is 6.29 Å². The smallest absolute Gasteiger partial charge is 0.160 e. The number of hydrogen-bond donors (Lipinski definition) is 1. The van der Waals surface area contributed by atoms with Crippen LogP contribution in [0.5, 0.6) is 0 Å². The van der Waals surface area contributed by atoms with E-state index in [1.165, 1.54) is 16.9 Å². The van der Waals surface area contributed by atoms with E-state index in [4.69, 9.17) is 0 Å². The Kier molecular flexibility index (Phi) is 2.61. The summed E-state index contributed by atoms with van der Waals surface area (Å²) < 4.78 is 1.13. The van der Waals surface area contributed by atoms with E-state index in [-0.39, 0.29) is 0 Å². The molecular weight excluding hydrogens is 212 g/mol. The minimum absolute atomic E-state index is 0.767. The third kappa shape index (κ3) is 1.47. The molecule has 72 valence electrons. The first-order chi connectivity index (χ1) is 6.76. The Morgan fingerprint density at radius 1 is 1.50 bits per heavy atom. The monoisotopic (exact) mass is 222 g/mol. The number of benzene rings is 1. The topological polar surface area (TPSA) is 17.1 Å². The van der Waals surface area contributed by atoms with Crippen molar-refractivity contribution in [2.45, 2.75) is 18.2 Å². The number of carbonyl (C=O) groups excluding carboxylic acids is 1. The van der Waals surface area contributed by atoms with Crippen LogP contribution in [-0.4, -0.2) is 6.29 Å². The van der Waals surface area contributed by atoms with Gasteiger partial charge in [-0.05, 0) is 24.1 Å². The molecule has 3 heteroatoms. The highest BCUT2D eigenvalue weighted by atomic mass is 32.1. The maximum atomic E-state index is 10.6. The predicted octanol–water partition coefficient (Wildman–Crippen LogP) is 3.56. The number of hydrogen-bond acceptors (Lipinski definition) is 3. The molecular formula is C11H10OS2. The number of thiol groups is 1. The number of carbonyl (C=O) groups is 1. The van der Waals surface area contributed by atoms with Crippen LogP contribution >= 0.6 is 24.0 Å². The summed E-state index contributed by atoms with van der Waals surface area (Å²) in [6, 6.07) is 6.05. The van der Waals surface area contributed by atoms with E-state index in [1.54, 1.807) is 0 Å². The minimum Gasteiger partial charge on any atom is -0.297 e. The van der Waals surface area contributed by atoms with Crippen LogP contribution in [-0.2, 0) is 6.42 Å². The van der Waals surface area contributed by atoms with Crippen molar-refractivity contribution in [1.82, 2.24) is 0 Å². The lowest BCUT2D eigenvalue weighted by atomic mass is 10.1. The van der Waals surface area contributed by atoms with Gasteiger partial charge in [0.2, 0.25) is 0 Å². The van der Waals surface area contributed by atoms with Crippen LogP contribution in [0, 0.1) is 0 Å². The van der Waals surface area contributed by atoms with Crippen LogP contribution in [0.15, 0.2) is 23.1 Å². The lowest BCUT2D eigenvalue weighted by molar-refractivity contribution is 0.112. The zero-order chi connectivity index (χ0) is 10.1. The van der Waals surface area contributed by atoms with Crippen molar-refractivity contribution < 1.29 is 4.79 Å². The lowest BCUT2D eigenvalue weighted by Gasteiger charge is -2.01. The Morgan fingerprint density at radius 2 is 2.29 bits per heavy atom. The van der Waals surface area contributed by atoms with Crippen molar-refractivity contribution in [1.29, 1.82) is 0 Å². The number of rotatable bonds is 2. The van der Waals surface area contributed by atoms with E-state index < -0.39 is 0 Å². The third-order valence-corrected chi connectivity index (χ3v) is 3.83. The van der Waals surface area contributed by atoms with E-state index in [0.29, 0.717) is 0 Å². The van der Waals surface area contributed by atoms with Gasteiger partial charge in [-0.25, -0.2) is 0 Å². The molecule has 0 radical (unpaired) electrons. The van der Waals surface area contributed by atoms with Gasteiger partial charge in [-0.2, -0.15) is 0 Å². The third-order valence-electron chi connectivity index (χ3n) is 2.27. The molecule has 0 bridgehead atoms. The van der Waals surface area contributed by atoms with Gasteiger partial charge in [-0.3, -0.25) is 4.79 Å². The maximum Gasteiger partial charge on any atom is 0.160 e. The van der Waals surface area contributed by atoms with Crippen LogP contribution in [0.2, 0.25) is 0 Å². The first-order valence-corrected chi connectivity index (χ1v) is 5.72. The number of fused-ring (bicyclic) bond motifs is 1. The van der Waals surface area contributed by atoms with Gasteiger partial charge in [0.25, 0.3) is 0 Å². The highest BCUT2D eigenvalue weighted by Gasteiger charge is 2.06. The Balaban J connectivity index is 2.74. The van der Waals surface area contributed by atoms with Gasteiger partial charge in [-0.1, -0.05) is 13.0 Å². The van der Waals surface area contributed by atoms with Crippen molar-refractivity contribution in [3.8, 4) is 0 Å². The molecule has 0 aliphatic carbocycles. The molecule has 0 aliphatic heterocycles. The molecule has 0 fully saturated rings. The molecule has 0 saturated heterocycles. The van der Waals surface area contributed by atoms with Crippen molar-refractivity contribution in [2.75, 3.05) is 0 Å². The Hall–Kier alpha value is -0.800. The molecule has 1 heterocycles. The second kappa shape index (κ2) is 3.75. The van der Waals surface area contributed by atoms with E-state index in [2.05, 4.69) is 31.7 Å². The van der Waals surface area contributed by atoms with Gasteiger partial charge in [0.05, 0.1) is 4.88 Å². The van der Waals surface area contributed by atoms with Crippen LogP contribution in [0.3, 0.4) is 0 Å². The standard InChI is InChI=1S/C11H10OS2/c1-2-7-3-4-10-9(11(7)13)5-8(6-12)14-10/h3-6,13H,2H2,1H3. The quantitative estimate of drug-likeness (QED) is 0.607. The maximum absolute atomic E-state index is 10.6. The van der Waals surface area contributed by atoms with Crippen molar-refractivity contribution in [3.05, 3.63) is 28.6 Å². The number of aryl methyl sites for hydroxylation is 1. The molecule has 2 aromatic rings. The largest absolute Gasteiger partial charge is 0.297 e. The summed E-state index contributed by atoms with van der Waals surface area (Å²) in [6.45, 7) is 2.11. The molecule has 0 unspecified atom stereocenters. The Labute approximate surface area is 92.2 Å². The van der Waals surface area contributed by atoms with Crippen LogP contribution < -0.4 is 0 Å². The zero-order valence-electron chi connectivity index (χ0n) is 7.78. The highest BCUT2D eigenvalue weighted by Crippen LogP contribution is 2.32. The van der Waals surface area contributed by atoms with E-state index in [0.717, 1.165) is 32.6 Å². The van der Waals surface area contributed by atoms with Crippen molar-refractivity contribution in [3.63, 3.8) is 0 Å². The summed E-state index contributed by atoms with van der Waals surface area (Å²) in [5, 5.41) is 1.10. The fourth-order valence-corrected chi connectivity index (χ4v) is 2.88. The van der Waals surface area contributed by atoms with Gasteiger partial charge < -0.3 is 0 Å². The van der Waals surface area contributed by atoms with Crippen molar-refractivity contribution in [2.24, 2.45) is 0 Å². The van der Waals surface area contributed by atoms with Gasteiger partial charge >= 0.3 is 0 Å². The molecule has 1 nitrogen and oxygen atoms in total. The molecule has 0 spiro atoms. The summed E-state index contributed by atoms with van der Waals surface area (Å²) in [7, 11) is 0. The van der Waals surface area contributed by atoms with Gasteiger partial charge in [0.1, 0.15) is 0 Å². The summed E-state index contributed by atoms with van der Waals surface area (Å²) in [6.07, 6.45) is 1.87. The van der Waals surface area contributed by atoms with Crippen LogP contribution in [0.25, 0.3) is 10.1 Å². The van der Waals surface area contributed by atoms with E-state index >= 15 is 0 Å². The van der Waals surface area contributed by atoms with Gasteiger partial charge in [0, 0.05) is 15.0 Å². The van der Waals surface area contributed by atoms with E-state index in [9.17, 15) is 4.79 Å². The summed E-state index contributed by atoms with van der Waals surface area (Å²) in [4.78, 5) is 12.4. The zero-order valence-corrected chi connectivity index (χ0v) is 9.49. The summed E-state index contributed by atoms with van der Waals surface area (Å²) in [5.74, 6) is 0.